The molecular formula is C20H24N4O2. The molecule has 136 valence electrons. The van der Waals surface area contributed by atoms with Crippen LogP contribution in [0.3, 0.4) is 0 Å². The van der Waals surface area contributed by atoms with E-state index in [4.69, 9.17) is 4.52 Å². The molecular weight excluding hydrogens is 328 g/mol. The molecule has 1 fully saturated rings. The summed E-state index contributed by atoms with van der Waals surface area (Å²) in [4.78, 5) is 21.2. The van der Waals surface area contributed by atoms with Gasteiger partial charge < -0.3 is 9.42 Å². The molecule has 1 aliphatic heterocycles. The van der Waals surface area contributed by atoms with E-state index in [0.29, 0.717) is 30.6 Å². The van der Waals surface area contributed by atoms with Crippen LogP contribution in [0.2, 0.25) is 0 Å². The lowest BCUT2D eigenvalue weighted by Crippen LogP contribution is -2.48. The molecule has 0 saturated carbocycles. The van der Waals surface area contributed by atoms with Crippen LogP contribution in [-0.2, 0) is 11.3 Å². The molecule has 26 heavy (non-hydrogen) atoms. The van der Waals surface area contributed by atoms with E-state index in [2.05, 4.69) is 27.2 Å². The lowest BCUT2D eigenvalue weighted by Gasteiger charge is -2.34. The van der Waals surface area contributed by atoms with E-state index in [0.717, 1.165) is 44.6 Å². The van der Waals surface area contributed by atoms with E-state index >= 15 is 0 Å². The number of aromatic nitrogens is 2. The zero-order chi connectivity index (χ0) is 17.8. The van der Waals surface area contributed by atoms with Crippen molar-refractivity contribution in [3.05, 3.63) is 48.4 Å². The van der Waals surface area contributed by atoms with Gasteiger partial charge in [-0.25, -0.2) is 0 Å². The molecule has 0 spiro atoms. The summed E-state index contributed by atoms with van der Waals surface area (Å²) in [7, 11) is 0. The Morgan fingerprint density at radius 2 is 1.96 bits per heavy atom. The zero-order valence-electron chi connectivity index (χ0n) is 14.9. The third-order valence-corrected chi connectivity index (χ3v) is 5.13. The van der Waals surface area contributed by atoms with Crippen molar-refractivity contribution in [2.45, 2.75) is 25.8 Å². The van der Waals surface area contributed by atoms with Crippen LogP contribution in [0.5, 0.6) is 0 Å². The predicted octanol–water partition coefficient (Wildman–Crippen LogP) is 2.74. The van der Waals surface area contributed by atoms with Gasteiger partial charge in [0.25, 0.3) is 0 Å². The third-order valence-electron chi connectivity index (χ3n) is 5.13. The molecule has 2 heterocycles. The number of hydrogen-bond donors (Lipinski definition) is 0. The maximum Gasteiger partial charge on any atom is 0.241 e. The number of amides is 1. The van der Waals surface area contributed by atoms with Crippen molar-refractivity contribution in [2.24, 2.45) is 5.92 Å². The van der Waals surface area contributed by atoms with Gasteiger partial charge in [0.1, 0.15) is 0 Å². The number of hydrogen-bond acceptors (Lipinski definition) is 5. The van der Waals surface area contributed by atoms with Crippen LogP contribution in [-0.4, -0.2) is 52.0 Å². The summed E-state index contributed by atoms with van der Waals surface area (Å²) < 4.78 is 5.39. The average molecular weight is 352 g/mol. The number of benzene rings is 1. The fourth-order valence-electron chi connectivity index (χ4n) is 3.59. The molecule has 1 aromatic carbocycles. The quantitative estimate of drug-likeness (QED) is 0.774. The molecule has 2 aromatic rings. The van der Waals surface area contributed by atoms with Gasteiger partial charge in [0.2, 0.25) is 17.6 Å². The van der Waals surface area contributed by atoms with Crippen molar-refractivity contribution in [2.75, 3.05) is 26.2 Å². The van der Waals surface area contributed by atoms with Gasteiger partial charge in [-0.05, 0) is 18.8 Å². The second kappa shape index (κ2) is 7.83. The van der Waals surface area contributed by atoms with Crippen molar-refractivity contribution in [3.63, 3.8) is 0 Å². The fraction of sp³-hybridized carbons (Fsp3) is 0.450. The van der Waals surface area contributed by atoms with E-state index in [9.17, 15) is 4.79 Å². The topological polar surface area (TPSA) is 62.5 Å². The molecule has 2 aliphatic rings. The first kappa shape index (κ1) is 17.0. The highest BCUT2D eigenvalue weighted by Crippen LogP contribution is 2.22. The molecule has 1 saturated heterocycles. The molecule has 1 aromatic heterocycles. The smallest absolute Gasteiger partial charge is 0.241 e. The first-order valence-corrected chi connectivity index (χ1v) is 9.33. The monoisotopic (exact) mass is 352 g/mol. The first-order valence-electron chi connectivity index (χ1n) is 9.33. The Morgan fingerprint density at radius 3 is 2.69 bits per heavy atom. The number of allylic oxidation sites excluding steroid dienone is 2. The van der Waals surface area contributed by atoms with Crippen LogP contribution in [0, 0.1) is 5.92 Å². The van der Waals surface area contributed by atoms with Crippen molar-refractivity contribution < 1.29 is 9.32 Å². The van der Waals surface area contributed by atoms with Gasteiger partial charge in [-0.15, -0.1) is 0 Å². The minimum atomic E-state index is 0.283. The first-order chi connectivity index (χ1) is 12.8. The highest BCUT2D eigenvalue weighted by atomic mass is 16.5. The number of nitrogens with zero attached hydrogens (tertiary/aromatic N) is 4. The molecule has 1 atom stereocenters. The summed E-state index contributed by atoms with van der Waals surface area (Å²) in [5.41, 5.74) is 0.957. The van der Waals surface area contributed by atoms with Crippen molar-refractivity contribution in [3.8, 4) is 11.4 Å². The van der Waals surface area contributed by atoms with E-state index in [1.165, 1.54) is 0 Å². The normalized spacial score (nSPS) is 20.6. The second-order valence-corrected chi connectivity index (χ2v) is 7.00. The lowest BCUT2D eigenvalue weighted by molar-refractivity contribution is -0.133. The summed E-state index contributed by atoms with van der Waals surface area (Å²) in [5.74, 6) is 1.97. The molecule has 1 unspecified atom stereocenters. The van der Waals surface area contributed by atoms with Gasteiger partial charge in [0.15, 0.2) is 0 Å². The van der Waals surface area contributed by atoms with Crippen LogP contribution < -0.4 is 0 Å². The standard InChI is InChI=1S/C20H24N4O2/c25-19(14-16-6-4-5-7-16)24-12-10-23(11-13-24)15-18-21-20(22-26-18)17-8-2-1-3-9-17/h1-4,6,8-9,16H,5,7,10-15H2. The Balaban J connectivity index is 1.27. The van der Waals surface area contributed by atoms with Crippen LogP contribution in [0.1, 0.15) is 25.2 Å². The SMILES string of the molecule is O=C(CC1C=CCC1)N1CCN(Cc2nc(-c3ccccc3)no2)CC1. The molecule has 0 bridgehead atoms. The van der Waals surface area contributed by atoms with E-state index in [1.54, 1.807) is 0 Å². The maximum atomic E-state index is 12.4. The van der Waals surface area contributed by atoms with Crippen molar-refractivity contribution in [1.82, 2.24) is 19.9 Å². The van der Waals surface area contributed by atoms with Crippen LogP contribution >= 0.6 is 0 Å². The number of piperazine rings is 1. The summed E-state index contributed by atoms with van der Waals surface area (Å²) in [5, 5.41) is 4.07. The van der Waals surface area contributed by atoms with Gasteiger partial charge in [0.05, 0.1) is 6.54 Å². The largest absolute Gasteiger partial charge is 0.340 e. The molecule has 0 radical (unpaired) electrons. The Hall–Kier alpha value is -2.47. The second-order valence-electron chi connectivity index (χ2n) is 7.00. The van der Waals surface area contributed by atoms with E-state index in [-0.39, 0.29) is 5.91 Å². The molecule has 6 heteroatoms. The van der Waals surface area contributed by atoms with Gasteiger partial charge in [-0.1, -0.05) is 47.6 Å². The van der Waals surface area contributed by atoms with Gasteiger partial charge >= 0.3 is 0 Å². The fourth-order valence-corrected chi connectivity index (χ4v) is 3.59. The minimum absolute atomic E-state index is 0.283. The zero-order valence-corrected chi connectivity index (χ0v) is 14.9. The minimum Gasteiger partial charge on any atom is -0.340 e. The average Bonchev–Trinajstić information content (AvgIpc) is 3.35. The molecule has 6 nitrogen and oxygen atoms in total. The van der Waals surface area contributed by atoms with E-state index in [1.807, 2.05) is 35.2 Å². The molecule has 4 rings (SSSR count). The van der Waals surface area contributed by atoms with Gasteiger partial charge in [0, 0.05) is 38.2 Å². The summed E-state index contributed by atoms with van der Waals surface area (Å²) in [6.07, 6.45) is 7.26. The van der Waals surface area contributed by atoms with E-state index < -0.39 is 0 Å². The maximum absolute atomic E-state index is 12.4. The highest BCUT2D eigenvalue weighted by molar-refractivity contribution is 5.76. The molecule has 1 aliphatic carbocycles. The van der Waals surface area contributed by atoms with Crippen LogP contribution in [0.25, 0.3) is 11.4 Å². The van der Waals surface area contributed by atoms with Crippen molar-refractivity contribution in [1.29, 1.82) is 0 Å². The van der Waals surface area contributed by atoms with Crippen molar-refractivity contribution >= 4 is 5.91 Å². The van der Waals surface area contributed by atoms with Crippen LogP contribution in [0.15, 0.2) is 47.0 Å². The Labute approximate surface area is 153 Å². The predicted molar refractivity (Wildman–Crippen MR) is 98.1 cm³/mol. The number of rotatable bonds is 5. The molecule has 1 amide bonds. The van der Waals surface area contributed by atoms with Gasteiger partial charge in [-0.2, -0.15) is 4.98 Å². The Kier molecular flexibility index (Phi) is 5.11. The summed E-state index contributed by atoms with van der Waals surface area (Å²) >= 11 is 0. The van der Waals surface area contributed by atoms with Gasteiger partial charge in [-0.3, -0.25) is 9.69 Å². The summed E-state index contributed by atoms with van der Waals surface area (Å²) in [6, 6.07) is 9.83. The third kappa shape index (κ3) is 4.02. The Morgan fingerprint density at radius 1 is 1.15 bits per heavy atom. The molecule has 0 N–H and O–H groups in total. The number of carbonyl (C=O) groups is 1. The van der Waals surface area contributed by atoms with Crippen LogP contribution in [0.4, 0.5) is 0 Å². The highest BCUT2D eigenvalue weighted by Gasteiger charge is 2.24. The lowest BCUT2D eigenvalue weighted by atomic mass is 10.0. The Bertz CT molecular complexity index is 763. The number of carbonyl (C=O) groups excluding carboxylic acids is 1. The summed E-state index contributed by atoms with van der Waals surface area (Å²) in [6.45, 7) is 3.86.